The Bertz CT molecular complexity index is 1750. The van der Waals surface area contributed by atoms with Gasteiger partial charge in [-0.05, 0) is 48.6 Å². The van der Waals surface area contributed by atoms with E-state index >= 15 is 0 Å². The number of aromatic amines is 1. The summed E-state index contributed by atoms with van der Waals surface area (Å²) in [6, 6.07) is 3.76. The van der Waals surface area contributed by atoms with E-state index in [0.29, 0.717) is 33.4 Å². The fourth-order valence-corrected chi connectivity index (χ4v) is 7.74. The second-order valence-electron chi connectivity index (χ2n) is 12.1. The highest BCUT2D eigenvalue weighted by Crippen LogP contribution is 2.66. The van der Waals surface area contributed by atoms with Crippen molar-refractivity contribution >= 4 is 32.5 Å². The molecule has 212 valence electrons. The summed E-state index contributed by atoms with van der Waals surface area (Å²) in [5, 5.41) is 4.31. The average molecular weight is 585 g/mol. The van der Waals surface area contributed by atoms with Gasteiger partial charge in [-0.3, -0.25) is 14.5 Å². The van der Waals surface area contributed by atoms with Crippen LogP contribution in [0.5, 0.6) is 0 Å². The lowest BCUT2D eigenvalue weighted by Crippen LogP contribution is -2.23. The molecular weight excluding hydrogens is 552 g/mol. The third-order valence-corrected chi connectivity index (χ3v) is 9.87. The van der Waals surface area contributed by atoms with Crippen LogP contribution < -0.4 is 5.76 Å². The number of imidazole rings is 1. The van der Waals surface area contributed by atoms with Gasteiger partial charge in [-0.2, -0.15) is 0 Å². The number of hydrogen-bond acceptors (Lipinski definition) is 8. The summed E-state index contributed by atoms with van der Waals surface area (Å²) in [5.41, 5.74) is 3.29. The largest absolute Gasteiger partial charge is 0.439 e. The topological polar surface area (TPSA) is 137 Å². The van der Waals surface area contributed by atoms with Crippen LogP contribution in [0.4, 0.5) is 0 Å². The zero-order chi connectivity index (χ0) is 28.4. The van der Waals surface area contributed by atoms with E-state index in [1.54, 1.807) is 24.5 Å². The van der Waals surface area contributed by atoms with Crippen LogP contribution in [0, 0.1) is 17.3 Å². The van der Waals surface area contributed by atoms with Gasteiger partial charge >= 0.3 is 5.76 Å². The maximum absolute atomic E-state index is 12.6. The zero-order valence-electron chi connectivity index (χ0n) is 23.0. The third-order valence-electron chi connectivity index (χ3n) is 8.70. The molecule has 0 saturated heterocycles. The summed E-state index contributed by atoms with van der Waals surface area (Å²) in [4.78, 5) is 28.7. The number of pyridine rings is 2. The van der Waals surface area contributed by atoms with Crippen molar-refractivity contribution in [1.29, 1.82) is 0 Å². The molecule has 2 saturated carbocycles. The SMILES string of the molecule is CC1CCC2(CC1)CC2n1c(C(CS(C)(=O)=O)C(C)C)nc2cc(-c3noc(=O)[nH]3)nc(-c3cncc(Cl)c3)c21. The Morgan fingerprint density at radius 2 is 1.95 bits per heavy atom. The van der Waals surface area contributed by atoms with Crippen molar-refractivity contribution in [2.24, 2.45) is 17.3 Å². The summed E-state index contributed by atoms with van der Waals surface area (Å²) in [6.45, 7) is 6.39. The second kappa shape index (κ2) is 9.80. The Labute approximate surface area is 237 Å². The van der Waals surface area contributed by atoms with Crippen LogP contribution in [-0.4, -0.2) is 50.1 Å². The molecule has 0 aromatic carbocycles. The molecule has 2 atom stereocenters. The van der Waals surface area contributed by atoms with E-state index in [2.05, 4.69) is 26.6 Å². The molecule has 0 aliphatic heterocycles. The Hall–Kier alpha value is -3.05. The number of fused-ring (bicyclic) bond motifs is 1. The van der Waals surface area contributed by atoms with Crippen LogP contribution in [-0.2, 0) is 9.84 Å². The molecule has 0 radical (unpaired) electrons. The minimum atomic E-state index is -3.29. The van der Waals surface area contributed by atoms with Gasteiger partial charge in [-0.15, -0.1) is 0 Å². The summed E-state index contributed by atoms with van der Waals surface area (Å²) in [6.07, 6.45) is 10.2. The van der Waals surface area contributed by atoms with Crippen LogP contribution in [0.1, 0.15) is 70.7 Å². The van der Waals surface area contributed by atoms with Gasteiger partial charge < -0.3 is 4.57 Å². The number of nitrogens with zero attached hydrogens (tertiary/aromatic N) is 5. The summed E-state index contributed by atoms with van der Waals surface area (Å²) in [5.74, 6) is 0.662. The number of rotatable bonds is 7. The minimum Gasteiger partial charge on any atom is -0.322 e. The highest BCUT2D eigenvalue weighted by atomic mass is 35.5. The summed E-state index contributed by atoms with van der Waals surface area (Å²) >= 11 is 6.37. The lowest BCUT2D eigenvalue weighted by molar-refractivity contribution is 0.250. The standard InChI is InChI=1S/C28H33ClN6O4S/c1-15(2)19(14-40(4,37)38)26-32-20-10-21(25-33-27(36)39-34-25)31-23(17-9-18(29)13-30-12-17)24(20)35(26)22-11-28(22)7-5-16(3)6-8-28/h9-10,12-13,15-16,19,22H,5-8,11,14H2,1-4H3,(H,33,34,36). The van der Waals surface area contributed by atoms with Crippen molar-refractivity contribution in [2.75, 3.05) is 12.0 Å². The number of nitrogens with one attached hydrogen (secondary N) is 1. The number of sulfone groups is 1. The lowest BCUT2D eigenvalue weighted by atomic mass is 9.80. The molecule has 6 rings (SSSR count). The second-order valence-corrected chi connectivity index (χ2v) is 14.7. The van der Waals surface area contributed by atoms with Gasteiger partial charge in [-0.25, -0.2) is 23.2 Å². The van der Waals surface area contributed by atoms with Crippen LogP contribution in [0.2, 0.25) is 5.02 Å². The molecule has 4 aromatic heterocycles. The molecule has 4 heterocycles. The van der Waals surface area contributed by atoms with E-state index in [1.165, 1.54) is 19.1 Å². The molecule has 2 fully saturated rings. The summed E-state index contributed by atoms with van der Waals surface area (Å²) in [7, 11) is -3.29. The average Bonchev–Trinajstić information content (AvgIpc) is 3.19. The number of hydrogen-bond donors (Lipinski definition) is 1. The van der Waals surface area contributed by atoms with Gasteiger partial charge in [-0.1, -0.05) is 50.4 Å². The smallest absolute Gasteiger partial charge is 0.322 e. The van der Waals surface area contributed by atoms with Crippen molar-refractivity contribution in [3.05, 3.63) is 45.9 Å². The van der Waals surface area contributed by atoms with Crippen LogP contribution in [0.15, 0.2) is 33.8 Å². The van der Waals surface area contributed by atoms with Crippen molar-refractivity contribution in [3.63, 3.8) is 0 Å². The fraction of sp³-hybridized carbons (Fsp3) is 0.536. The van der Waals surface area contributed by atoms with E-state index < -0.39 is 15.6 Å². The fourth-order valence-electron chi connectivity index (χ4n) is 6.38. The Morgan fingerprint density at radius 1 is 1.20 bits per heavy atom. The quantitative estimate of drug-likeness (QED) is 0.304. The maximum atomic E-state index is 12.6. The van der Waals surface area contributed by atoms with Crippen molar-refractivity contribution in [1.82, 2.24) is 29.7 Å². The number of halogens is 1. The van der Waals surface area contributed by atoms with Crippen molar-refractivity contribution < 1.29 is 12.9 Å². The Morgan fingerprint density at radius 3 is 2.58 bits per heavy atom. The van der Waals surface area contributed by atoms with Gasteiger partial charge in [0.2, 0.25) is 5.82 Å². The molecule has 0 amide bonds. The maximum Gasteiger partial charge on any atom is 0.439 e. The van der Waals surface area contributed by atoms with Crippen LogP contribution in [0.3, 0.4) is 0 Å². The Kier molecular flexibility index (Phi) is 6.65. The van der Waals surface area contributed by atoms with Gasteiger partial charge in [0.15, 0.2) is 0 Å². The zero-order valence-corrected chi connectivity index (χ0v) is 24.6. The third kappa shape index (κ3) is 4.98. The number of H-pyrrole nitrogens is 1. The monoisotopic (exact) mass is 584 g/mol. The molecule has 2 unspecified atom stereocenters. The predicted molar refractivity (Wildman–Crippen MR) is 153 cm³/mol. The molecule has 2 aliphatic rings. The van der Waals surface area contributed by atoms with Gasteiger partial charge in [0.05, 0.1) is 27.5 Å². The van der Waals surface area contributed by atoms with E-state index in [0.717, 1.165) is 30.6 Å². The van der Waals surface area contributed by atoms with Gasteiger partial charge in [0.1, 0.15) is 21.4 Å². The first-order valence-corrected chi connectivity index (χ1v) is 16.2. The summed E-state index contributed by atoms with van der Waals surface area (Å²) < 4.78 is 32.2. The van der Waals surface area contributed by atoms with Crippen molar-refractivity contribution in [3.8, 4) is 22.8 Å². The first-order chi connectivity index (χ1) is 18.9. The highest BCUT2D eigenvalue weighted by molar-refractivity contribution is 7.90. The molecule has 12 heteroatoms. The highest BCUT2D eigenvalue weighted by Gasteiger charge is 2.57. The molecule has 4 aromatic rings. The molecule has 40 heavy (non-hydrogen) atoms. The minimum absolute atomic E-state index is 0.00428. The Balaban J connectivity index is 1.64. The molecule has 1 spiro atoms. The van der Waals surface area contributed by atoms with Gasteiger partial charge in [0, 0.05) is 36.2 Å². The molecule has 0 bridgehead atoms. The molecule has 2 aliphatic carbocycles. The van der Waals surface area contributed by atoms with Crippen LogP contribution >= 0.6 is 11.6 Å². The normalized spacial score (nSPS) is 23.8. The number of aromatic nitrogens is 6. The van der Waals surface area contributed by atoms with Crippen LogP contribution in [0.25, 0.3) is 33.8 Å². The van der Waals surface area contributed by atoms with E-state index in [1.807, 2.05) is 13.8 Å². The van der Waals surface area contributed by atoms with Gasteiger partial charge in [0.25, 0.3) is 0 Å². The predicted octanol–water partition coefficient (Wildman–Crippen LogP) is 5.42. The first-order valence-electron chi connectivity index (χ1n) is 13.7. The first kappa shape index (κ1) is 27.1. The van der Waals surface area contributed by atoms with E-state index in [9.17, 15) is 13.2 Å². The molecule has 10 nitrogen and oxygen atoms in total. The van der Waals surface area contributed by atoms with E-state index in [-0.39, 0.29) is 34.9 Å². The molecular formula is C28H33ClN6O4S. The van der Waals surface area contributed by atoms with Crippen molar-refractivity contribution in [2.45, 2.75) is 64.8 Å². The van der Waals surface area contributed by atoms with E-state index in [4.69, 9.17) is 26.1 Å². The lowest BCUT2D eigenvalue weighted by Gasteiger charge is -2.29. The molecule has 1 N–H and O–H groups in total.